The first-order chi connectivity index (χ1) is 9.02. The van der Waals surface area contributed by atoms with Crippen molar-refractivity contribution in [1.82, 2.24) is 5.32 Å². The Hall–Kier alpha value is -0.670. The van der Waals surface area contributed by atoms with Crippen molar-refractivity contribution in [1.29, 1.82) is 0 Å². The minimum atomic E-state index is -0.790. The topological polar surface area (TPSA) is 29.1 Å². The largest absolute Gasteiger partial charge is 0.314 e. The van der Waals surface area contributed by atoms with E-state index < -0.39 is 10.8 Å². The molecule has 3 unspecified atom stereocenters. The van der Waals surface area contributed by atoms with Crippen LogP contribution in [0.4, 0.5) is 0 Å². The molecular weight excluding hydrogens is 254 g/mol. The molecule has 3 atom stereocenters. The van der Waals surface area contributed by atoms with E-state index in [-0.39, 0.29) is 5.25 Å². The van der Waals surface area contributed by atoms with Crippen LogP contribution < -0.4 is 5.32 Å². The Labute approximate surface area is 120 Å². The van der Waals surface area contributed by atoms with E-state index in [1.54, 1.807) is 0 Å². The number of rotatable bonds is 8. The minimum absolute atomic E-state index is 0.236. The molecule has 0 heterocycles. The average molecular weight is 281 g/mol. The summed E-state index contributed by atoms with van der Waals surface area (Å²) < 4.78 is 12.3. The maximum atomic E-state index is 12.3. The lowest BCUT2D eigenvalue weighted by Gasteiger charge is -2.18. The first-order valence-corrected chi connectivity index (χ1v) is 8.57. The summed E-state index contributed by atoms with van der Waals surface area (Å²) in [6.45, 7) is 9.55. The average Bonchev–Trinajstić information content (AvgIpc) is 2.36. The molecular formula is C16H27NOS. The van der Waals surface area contributed by atoms with E-state index in [1.165, 1.54) is 11.1 Å². The second-order valence-electron chi connectivity index (χ2n) is 5.42. The van der Waals surface area contributed by atoms with Gasteiger partial charge in [0, 0.05) is 27.8 Å². The van der Waals surface area contributed by atoms with Gasteiger partial charge in [0.25, 0.3) is 0 Å². The third-order valence-electron chi connectivity index (χ3n) is 3.27. The van der Waals surface area contributed by atoms with Crippen LogP contribution in [0.5, 0.6) is 0 Å². The predicted octanol–water partition coefficient (Wildman–Crippen LogP) is 3.41. The van der Waals surface area contributed by atoms with Crippen molar-refractivity contribution >= 4 is 10.8 Å². The number of hydrogen-bond acceptors (Lipinski definition) is 2. The van der Waals surface area contributed by atoms with Crippen LogP contribution in [0.3, 0.4) is 0 Å². The Morgan fingerprint density at radius 2 is 2.05 bits per heavy atom. The van der Waals surface area contributed by atoms with E-state index in [1.807, 2.05) is 6.07 Å². The van der Waals surface area contributed by atoms with Crippen molar-refractivity contribution in [3.8, 4) is 0 Å². The predicted molar refractivity (Wildman–Crippen MR) is 84.9 cm³/mol. The standard InChI is InChI=1S/C16H27NOS/c1-5-9-17-14(3)11-15(4)19(18)12-16-8-6-7-13(2)10-16/h6-8,10,14-15,17H,5,9,11-12H2,1-4H3. The van der Waals surface area contributed by atoms with Gasteiger partial charge in [-0.05, 0) is 38.8 Å². The van der Waals surface area contributed by atoms with Gasteiger partial charge in [0.1, 0.15) is 0 Å². The van der Waals surface area contributed by atoms with Crippen molar-refractivity contribution in [2.45, 2.75) is 57.6 Å². The molecule has 0 amide bonds. The highest BCUT2D eigenvalue weighted by molar-refractivity contribution is 7.84. The molecule has 0 saturated carbocycles. The van der Waals surface area contributed by atoms with E-state index in [0.29, 0.717) is 11.8 Å². The van der Waals surface area contributed by atoms with Crippen molar-refractivity contribution in [3.05, 3.63) is 35.4 Å². The lowest BCUT2D eigenvalue weighted by molar-refractivity contribution is 0.508. The highest BCUT2D eigenvalue weighted by atomic mass is 32.2. The van der Waals surface area contributed by atoms with Crippen LogP contribution >= 0.6 is 0 Å². The highest BCUT2D eigenvalue weighted by Crippen LogP contribution is 2.12. The van der Waals surface area contributed by atoms with Gasteiger partial charge < -0.3 is 5.32 Å². The molecule has 108 valence electrons. The molecule has 2 nitrogen and oxygen atoms in total. The first-order valence-electron chi connectivity index (χ1n) is 7.19. The summed E-state index contributed by atoms with van der Waals surface area (Å²) >= 11 is 0. The fraction of sp³-hybridized carbons (Fsp3) is 0.625. The molecule has 0 aromatic heterocycles. The number of nitrogens with one attached hydrogen (secondary N) is 1. The van der Waals surface area contributed by atoms with E-state index in [0.717, 1.165) is 19.4 Å². The van der Waals surface area contributed by atoms with Gasteiger partial charge in [-0.3, -0.25) is 4.21 Å². The summed E-state index contributed by atoms with van der Waals surface area (Å²) in [6.07, 6.45) is 2.11. The zero-order chi connectivity index (χ0) is 14.3. The van der Waals surface area contributed by atoms with Crippen molar-refractivity contribution < 1.29 is 4.21 Å². The number of hydrogen-bond donors (Lipinski definition) is 1. The van der Waals surface area contributed by atoms with Gasteiger partial charge in [0.15, 0.2) is 0 Å². The Balaban J connectivity index is 2.44. The van der Waals surface area contributed by atoms with Gasteiger partial charge in [0.05, 0.1) is 0 Å². The van der Waals surface area contributed by atoms with Gasteiger partial charge in [-0.2, -0.15) is 0 Å². The second kappa shape index (κ2) is 8.49. The summed E-state index contributed by atoms with van der Waals surface area (Å²) in [5.74, 6) is 0.670. The summed E-state index contributed by atoms with van der Waals surface area (Å²) in [5.41, 5.74) is 2.42. The smallest absolute Gasteiger partial charge is 0.0488 e. The highest BCUT2D eigenvalue weighted by Gasteiger charge is 2.15. The number of aryl methyl sites for hydroxylation is 1. The fourth-order valence-electron chi connectivity index (χ4n) is 2.19. The maximum Gasteiger partial charge on any atom is 0.0488 e. The molecule has 1 aromatic rings. The van der Waals surface area contributed by atoms with Crippen molar-refractivity contribution in [2.24, 2.45) is 0 Å². The summed E-state index contributed by atoms with van der Waals surface area (Å²) in [7, 11) is -0.790. The molecule has 0 aliphatic carbocycles. The zero-order valence-corrected chi connectivity index (χ0v) is 13.4. The lowest BCUT2D eigenvalue weighted by atomic mass is 10.2. The number of benzene rings is 1. The molecule has 0 fully saturated rings. The second-order valence-corrected chi connectivity index (χ2v) is 7.27. The summed E-state index contributed by atoms with van der Waals surface area (Å²) in [5, 5.41) is 3.69. The van der Waals surface area contributed by atoms with Gasteiger partial charge in [-0.15, -0.1) is 0 Å². The SMILES string of the molecule is CCCNC(C)CC(C)S(=O)Cc1cccc(C)c1. The van der Waals surface area contributed by atoms with E-state index >= 15 is 0 Å². The lowest BCUT2D eigenvalue weighted by Crippen LogP contribution is -2.31. The monoisotopic (exact) mass is 281 g/mol. The minimum Gasteiger partial charge on any atom is -0.314 e. The Bertz CT molecular complexity index is 405. The normalized spacial score (nSPS) is 16.0. The van der Waals surface area contributed by atoms with Crippen LogP contribution in [-0.4, -0.2) is 22.0 Å². The van der Waals surface area contributed by atoms with Crippen LogP contribution in [0.1, 0.15) is 44.7 Å². The van der Waals surface area contributed by atoms with Gasteiger partial charge in [0.2, 0.25) is 0 Å². The quantitative estimate of drug-likeness (QED) is 0.791. The Kier molecular flexibility index (Phi) is 7.32. The van der Waals surface area contributed by atoms with E-state index in [9.17, 15) is 4.21 Å². The summed E-state index contributed by atoms with van der Waals surface area (Å²) in [6, 6.07) is 8.75. The van der Waals surface area contributed by atoms with Crippen LogP contribution in [0.2, 0.25) is 0 Å². The molecule has 0 spiro atoms. The van der Waals surface area contributed by atoms with Gasteiger partial charge in [-0.1, -0.05) is 43.7 Å². The maximum absolute atomic E-state index is 12.3. The van der Waals surface area contributed by atoms with Crippen LogP contribution in [0.25, 0.3) is 0 Å². The van der Waals surface area contributed by atoms with E-state index in [2.05, 4.69) is 51.2 Å². The van der Waals surface area contributed by atoms with Gasteiger partial charge >= 0.3 is 0 Å². The van der Waals surface area contributed by atoms with E-state index in [4.69, 9.17) is 0 Å². The molecule has 19 heavy (non-hydrogen) atoms. The van der Waals surface area contributed by atoms with Crippen molar-refractivity contribution in [3.63, 3.8) is 0 Å². The molecule has 1 N–H and O–H groups in total. The molecule has 1 aromatic carbocycles. The molecule has 0 aliphatic heterocycles. The third-order valence-corrected chi connectivity index (χ3v) is 4.98. The molecule has 0 bridgehead atoms. The Morgan fingerprint density at radius 1 is 1.32 bits per heavy atom. The van der Waals surface area contributed by atoms with Crippen molar-refractivity contribution in [2.75, 3.05) is 6.54 Å². The molecule has 0 aliphatic rings. The molecule has 0 radical (unpaired) electrons. The molecule has 3 heteroatoms. The fourth-order valence-corrected chi connectivity index (χ4v) is 3.48. The zero-order valence-electron chi connectivity index (χ0n) is 12.6. The van der Waals surface area contributed by atoms with Crippen LogP contribution in [0.15, 0.2) is 24.3 Å². The van der Waals surface area contributed by atoms with Crippen LogP contribution in [-0.2, 0) is 16.6 Å². The summed E-state index contributed by atoms with van der Waals surface area (Å²) in [4.78, 5) is 0. The third kappa shape index (κ3) is 6.35. The Morgan fingerprint density at radius 3 is 2.68 bits per heavy atom. The van der Waals surface area contributed by atoms with Gasteiger partial charge in [-0.25, -0.2) is 0 Å². The molecule has 0 saturated heterocycles. The molecule has 1 rings (SSSR count). The van der Waals surface area contributed by atoms with Crippen LogP contribution in [0, 0.1) is 6.92 Å². The first kappa shape index (κ1) is 16.4.